The van der Waals surface area contributed by atoms with Crippen LogP contribution in [-0.4, -0.2) is 41.1 Å². The van der Waals surface area contributed by atoms with Gasteiger partial charge in [-0.1, -0.05) is 0 Å². The number of halogens is 1. The first-order valence-electron chi connectivity index (χ1n) is 6.92. The van der Waals surface area contributed by atoms with Crippen LogP contribution in [0.2, 0.25) is 0 Å². The Hall–Kier alpha value is -2.32. The number of carbonyl (C=O) groups is 2. The molecule has 0 spiro atoms. The Labute approximate surface area is 135 Å². The number of benzene rings is 1. The Bertz CT molecular complexity index is 760. The van der Waals surface area contributed by atoms with Crippen molar-refractivity contribution in [2.24, 2.45) is 5.73 Å². The van der Waals surface area contributed by atoms with Crippen molar-refractivity contribution in [1.82, 2.24) is 9.88 Å². The number of carbonyl (C=O) groups excluding carboxylic acids is 2. The molecule has 1 aliphatic rings. The molecule has 1 aromatic heterocycles. The lowest BCUT2D eigenvalue weighted by atomic mass is 10.1. The molecule has 2 amide bonds. The molecule has 3 rings (SSSR count). The summed E-state index contributed by atoms with van der Waals surface area (Å²) in [5.74, 6) is -1.44. The highest BCUT2D eigenvalue weighted by Crippen LogP contribution is 2.30. The minimum atomic E-state index is -1.06. The number of hydrogen-bond acceptors (Lipinski definition) is 5. The van der Waals surface area contributed by atoms with E-state index in [1.807, 2.05) is 0 Å². The van der Waals surface area contributed by atoms with Crippen molar-refractivity contribution in [2.45, 2.75) is 13.2 Å². The number of rotatable bonds is 3. The maximum absolute atomic E-state index is 13.1. The minimum absolute atomic E-state index is 0.253. The third-order valence-corrected chi connectivity index (χ3v) is 4.40. The third-order valence-electron chi connectivity index (χ3n) is 3.44. The Balaban J connectivity index is 1.98. The van der Waals surface area contributed by atoms with E-state index in [9.17, 15) is 14.0 Å². The van der Waals surface area contributed by atoms with Crippen LogP contribution >= 0.6 is 11.3 Å². The molecular formula is C15H14FN3O3S. The molecule has 0 saturated carbocycles. The highest BCUT2D eigenvalue weighted by molar-refractivity contribution is 7.14. The number of nitrogens with two attached hydrogens (primary N) is 1. The van der Waals surface area contributed by atoms with Crippen molar-refractivity contribution in [3.63, 3.8) is 0 Å². The second-order valence-corrected chi connectivity index (χ2v) is 6.24. The largest absolute Gasteiger partial charge is 0.366 e. The summed E-state index contributed by atoms with van der Waals surface area (Å²) in [7, 11) is 0. The van der Waals surface area contributed by atoms with Gasteiger partial charge < -0.3 is 15.4 Å². The standard InChI is InChI=1S/C15H14FN3O3S/c1-8-18-11(9-2-4-10(16)5-3-9)12(23-8)14(21)19-6-7-22-15(19)13(17)20/h2-5,15H,6-7H2,1H3,(H2,17,20). The van der Waals surface area contributed by atoms with Crippen molar-refractivity contribution in [1.29, 1.82) is 0 Å². The van der Waals surface area contributed by atoms with E-state index < -0.39 is 12.1 Å². The normalized spacial score (nSPS) is 17.5. The lowest BCUT2D eigenvalue weighted by Crippen LogP contribution is -2.44. The van der Waals surface area contributed by atoms with E-state index in [1.165, 1.54) is 28.4 Å². The number of hydrogen-bond donors (Lipinski definition) is 1. The number of ether oxygens (including phenoxy) is 1. The van der Waals surface area contributed by atoms with Gasteiger partial charge in [-0.15, -0.1) is 11.3 Å². The molecule has 1 aliphatic heterocycles. The SMILES string of the molecule is Cc1nc(-c2ccc(F)cc2)c(C(=O)N2CCOC2C(N)=O)s1. The van der Waals surface area contributed by atoms with Gasteiger partial charge in [0.05, 0.1) is 17.3 Å². The molecule has 1 fully saturated rings. The van der Waals surface area contributed by atoms with Gasteiger partial charge in [0, 0.05) is 12.1 Å². The molecule has 0 bridgehead atoms. The van der Waals surface area contributed by atoms with Crippen LogP contribution in [0.25, 0.3) is 11.3 Å². The third kappa shape index (κ3) is 2.95. The van der Waals surface area contributed by atoms with Crippen LogP contribution in [0.15, 0.2) is 24.3 Å². The van der Waals surface area contributed by atoms with Crippen molar-refractivity contribution in [2.75, 3.05) is 13.2 Å². The van der Waals surface area contributed by atoms with Gasteiger partial charge in [-0.3, -0.25) is 9.59 Å². The van der Waals surface area contributed by atoms with Gasteiger partial charge in [-0.05, 0) is 31.2 Å². The predicted molar refractivity (Wildman–Crippen MR) is 82.2 cm³/mol. The van der Waals surface area contributed by atoms with E-state index in [1.54, 1.807) is 19.1 Å². The van der Waals surface area contributed by atoms with Gasteiger partial charge in [0.2, 0.25) is 6.23 Å². The minimum Gasteiger partial charge on any atom is -0.366 e. The van der Waals surface area contributed by atoms with Gasteiger partial charge in [0.1, 0.15) is 10.7 Å². The number of nitrogens with zero attached hydrogens (tertiary/aromatic N) is 2. The summed E-state index contributed by atoms with van der Waals surface area (Å²) in [5.41, 5.74) is 6.36. The Morgan fingerprint density at radius 3 is 2.74 bits per heavy atom. The second kappa shape index (κ2) is 6.05. The summed E-state index contributed by atoms with van der Waals surface area (Å²) in [5, 5.41) is 0.698. The van der Waals surface area contributed by atoms with Crippen LogP contribution in [-0.2, 0) is 9.53 Å². The Kier molecular flexibility index (Phi) is 4.10. The fourth-order valence-electron chi connectivity index (χ4n) is 2.42. The van der Waals surface area contributed by atoms with E-state index >= 15 is 0 Å². The smallest absolute Gasteiger partial charge is 0.268 e. The first-order chi connectivity index (χ1) is 11.0. The van der Waals surface area contributed by atoms with E-state index in [4.69, 9.17) is 10.5 Å². The van der Waals surface area contributed by atoms with Gasteiger partial charge >= 0.3 is 0 Å². The number of amides is 2. The first-order valence-corrected chi connectivity index (χ1v) is 7.74. The lowest BCUT2D eigenvalue weighted by molar-refractivity contribution is -0.131. The fraction of sp³-hybridized carbons (Fsp3) is 0.267. The fourth-order valence-corrected chi connectivity index (χ4v) is 3.32. The number of primary amides is 1. The average Bonchev–Trinajstić information content (AvgIpc) is 3.14. The molecule has 0 radical (unpaired) electrons. The first kappa shape index (κ1) is 15.6. The molecule has 6 nitrogen and oxygen atoms in total. The van der Waals surface area contributed by atoms with Crippen molar-refractivity contribution in [3.8, 4) is 11.3 Å². The number of aromatic nitrogens is 1. The molecular weight excluding hydrogens is 321 g/mol. The predicted octanol–water partition coefficient (Wildman–Crippen LogP) is 1.54. The molecule has 1 aromatic carbocycles. The molecule has 1 saturated heterocycles. The summed E-state index contributed by atoms with van der Waals surface area (Å²) in [4.78, 5) is 30.2. The van der Waals surface area contributed by atoms with Crippen LogP contribution in [0.4, 0.5) is 4.39 Å². The maximum atomic E-state index is 13.1. The zero-order valence-electron chi connectivity index (χ0n) is 12.3. The number of aryl methyl sites for hydroxylation is 1. The van der Waals surface area contributed by atoms with Crippen LogP contribution in [0.1, 0.15) is 14.7 Å². The van der Waals surface area contributed by atoms with Gasteiger partial charge in [-0.2, -0.15) is 0 Å². The zero-order chi connectivity index (χ0) is 16.6. The quantitative estimate of drug-likeness (QED) is 0.922. The Morgan fingerprint density at radius 2 is 2.09 bits per heavy atom. The van der Waals surface area contributed by atoms with Crippen LogP contribution in [0.3, 0.4) is 0 Å². The summed E-state index contributed by atoms with van der Waals surface area (Å²) >= 11 is 1.22. The molecule has 23 heavy (non-hydrogen) atoms. The van der Waals surface area contributed by atoms with E-state index in [-0.39, 0.29) is 24.9 Å². The molecule has 2 N–H and O–H groups in total. The highest BCUT2D eigenvalue weighted by Gasteiger charge is 2.36. The Morgan fingerprint density at radius 1 is 1.39 bits per heavy atom. The average molecular weight is 335 g/mol. The maximum Gasteiger partial charge on any atom is 0.268 e. The van der Waals surface area contributed by atoms with Gasteiger partial charge in [0.25, 0.3) is 11.8 Å². The van der Waals surface area contributed by atoms with E-state index in [0.29, 0.717) is 21.1 Å². The lowest BCUT2D eigenvalue weighted by Gasteiger charge is -2.20. The zero-order valence-corrected chi connectivity index (χ0v) is 13.1. The summed E-state index contributed by atoms with van der Waals surface area (Å²) in [6.45, 7) is 2.32. The van der Waals surface area contributed by atoms with Gasteiger partial charge in [-0.25, -0.2) is 9.37 Å². The van der Waals surface area contributed by atoms with E-state index in [2.05, 4.69) is 4.98 Å². The van der Waals surface area contributed by atoms with Crippen LogP contribution in [0.5, 0.6) is 0 Å². The second-order valence-electron chi connectivity index (χ2n) is 5.04. The summed E-state index contributed by atoms with van der Waals surface area (Å²) in [6.07, 6.45) is -1.06. The molecule has 0 aliphatic carbocycles. The molecule has 2 aromatic rings. The molecule has 1 unspecified atom stereocenters. The topological polar surface area (TPSA) is 85.5 Å². The summed E-state index contributed by atoms with van der Waals surface area (Å²) in [6, 6.07) is 5.74. The highest BCUT2D eigenvalue weighted by atomic mass is 32.1. The molecule has 8 heteroatoms. The molecule has 2 heterocycles. The van der Waals surface area contributed by atoms with Crippen molar-refractivity contribution in [3.05, 3.63) is 40.0 Å². The van der Waals surface area contributed by atoms with Crippen LogP contribution < -0.4 is 5.73 Å². The number of thiazole rings is 1. The molecule has 120 valence electrons. The van der Waals surface area contributed by atoms with Gasteiger partial charge in [0.15, 0.2) is 0 Å². The van der Waals surface area contributed by atoms with E-state index in [0.717, 1.165) is 0 Å². The van der Waals surface area contributed by atoms with Crippen molar-refractivity contribution >= 4 is 23.2 Å². The molecule has 1 atom stereocenters. The van der Waals surface area contributed by atoms with Crippen LogP contribution in [0, 0.1) is 12.7 Å². The monoisotopic (exact) mass is 335 g/mol. The summed E-state index contributed by atoms with van der Waals surface area (Å²) < 4.78 is 18.3. The van der Waals surface area contributed by atoms with Crippen molar-refractivity contribution < 1.29 is 18.7 Å².